The lowest BCUT2D eigenvalue weighted by molar-refractivity contribution is 0.429. The maximum atomic E-state index is 14.1. The Morgan fingerprint density at radius 3 is 2.72 bits per heavy atom. The van der Waals surface area contributed by atoms with E-state index in [-0.39, 0.29) is 17.0 Å². The van der Waals surface area contributed by atoms with Crippen LogP contribution in [0.4, 0.5) is 4.39 Å². The van der Waals surface area contributed by atoms with Gasteiger partial charge in [0.25, 0.3) is 5.89 Å². The summed E-state index contributed by atoms with van der Waals surface area (Å²) < 4.78 is 19.3. The summed E-state index contributed by atoms with van der Waals surface area (Å²) in [5.74, 6) is -0.176. The molecule has 2 aromatic carbocycles. The Kier molecular flexibility index (Phi) is 3.56. The fraction of sp³-hybridized carbons (Fsp3) is 0. The lowest BCUT2D eigenvalue weighted by atomic mass is 10.1. The van der Waals surface area contributed by atoms with Crippen molar-refractivity contribution in [1.82, 2.24) is 20.3 Å². The van der Waals surface area contributed by atoms with E-state index >= 15 is 0 Å². The average molecular weight is 331 g/mol. The van der Waals surface area contributed by atoms with Crippen LogP contribution in [0.2, 0.25) is 0 Å². The second-order valence-electron chi connectivity index (χ2n) is 5.28. The van der Waals surface area contributed by atoms with Crippen molar-refractivity contribution in [3.05, 3.63) is 66.1 Å². The molecular formula is C18H10FN5O. The van der Waals surface area contributed by atoms with E-state index in [1.165, 1.54) is 12.1 Å². The van der Waals surface area contributed by atoms with Crippen molar-refractivity contribution in [2.45, 2.75) is 0 Å². The molecule has 4 rings (SSSR count). The van der Waals surface area contributed by atoms with E-state index in [1.807, 2.05) is 36.4 Å². The molecule has 0 atom stereocenters. The average Bonchev–Trinajstić information content (AvgIpc) is 3.34. The van der Waals surface area contributed by atoms with E-state index in [9.17, 15) is 4.39 Å². The molecule has 25 heavy (non-hydrogen) atoms. The molecule has 2 heterocycles. The van der Waals surface area contributed by atoms with Gasteiger partial charge in [0.1, 0.15) is 5.82 Å². The quantitative estimate of drug-likeness (QED) is 0.616. The summed E-state index contributed by atoms with van der Waals surface area (Å²) >= 11 is 0. The zero-order valence-electron chi connectivity index (χ0n) is 12.8. The Morgan fingerprint density at radius 2 is 1.96 bits per heavy atom. The maximum absolute atomic E-state index is 14.1. The molecular weight excluding hydrogens is 321 g/mol. The van der Waals surface area contributed by atoms with Crippen molar-refractivity contribution in [2.75, 3.05) is 0 Å². The molecule has 6 nitrogen and oxygen atoms in total. The summed E-state index contributed by atoms with van der Waals surface area (Å²) in [5, 5.41) is 19.6. The smallest absolute Gasteiger partial charge is 0.261 e. The summed E-state index contributed by atoms with van der Waals surface area (Å²) in [6.07, 6.45) is 1.67. The van der Waals surface area contributed by atoms with Gasteiger partial charge in [-0.25, -0.2) is 4.39 Å². The molecule has 1 N–H and O–H groups in total. The molecule has 2 aromatic heterocycles. The van der Waals surface area contributed by atoms with Gasteiger partial charge >= 0.3 is 0 Å². The third-order valence-electron chi connectivity index (χ3n) is 3.69. The number of aromatic nitrogens is 4. The highest BCUT2D eigenvalue weighted by Crippen LogP contribution is 2.27. The van der Waals surface area contributed by atoms with Crippen molar-refractivity contribution in [3.8, 4) is 40.2 Å². The third-order valence-corrected chi connectivity index (χ3v) is 3.69. The van der Waals surface area contributed by atoms with Crippen LogP contribution < -0.4 is 0 Å². The van der Waals surface area contributed by atoms with Gasteiger partial charge in [0.15, 0.2) is 0 Å². The Balaban J connectivity index is 1.71. The highest BCUT2D eigenvalue weighted by Gasteiger charge is 2.15. The van der Waals surface area contributed by atoms with Crippen molar-refractivity contribution in [2.24, 2.45) is 0 Å². The number of nitriles is 1. The minimum absolute atomic E-state index is 0.0592. The van der Waals surface area contributed by atoms with Gasteiger partial charge in [-0.05, 0) is 30.3 Å². The van der Waals surface area contributed by atoms with Crippen molar-refractivity contribution >= 4 is 0 Å². The fourth-order valence-corrected chi connectivity index (χ4v) is 2.45. The summed E-state index contributed by atoms with van der Waals surface area (Å²) in [4.78, 5) is 4.26. The first-order chi connectivity index (χ1) is 12.2. The highest BCUT2D eigenvalue weighted by molar-refractivity contribution is 5.68. The highest BCUT2D eigenvalue weighted by atomic mass is 19.1. The molecule has 0 aliphatic carbocycles. The summed E-state index contributed by atoms with van der Waals surface area (Å²) in [5.41, 5.74) is 2.90. The van der Waals surface area contributed by atoms with E-state index in [4.69, 9.17) is 9.78 Å². The Labute approximate surface area is 141 Å². The van der Waals surface area contributed by atoms with E-state index in [0.717, 1.165) is 22.9 Å². The van der Waals surface area contributed by atoms with Crippen LogP contribution >= 0.6 is 0 Å². The van der Waals surface area contributed by atoms with Gasteiger partial charge < -0.3 is 4.52 Å². The van der Waals surface area contributed by atoms with Gasteiger partial charge in [0.2, 0.25) is 5.82 Å². The molecule has 0 amide bonds. The SMILES string of the molecule is N#Cc1ccc(-c2nc(-c3cccc(-c4ccn[nH]4)c3)no2)c(F)c1. The van der Waals surface area contributed by atoms with Crippen LogP contribution in [0, 0.1) is 17.1 Å². The topological polar surface area (TPSA) is 91.4 Å². The third kappa shape index (κ3) is 2.77. The zero-order valence-corrected chi connectivity index (χ0v) is 12.8. The largest absolute Gasteiger partial charge is 0.334 e. The van der Waals surface area contributed by atoms with Gasteiger partial charge in [0, 0.05) is 17.3 Å². The number of nitrogens with one attached hydrogen (secondary N) is 1. The first-order valence-corrected chi connectivity index (χ1v) is 7.38. The number of H-pyrrole nitrogens is 1. The summed E-state index contributed by atoms with van der Waals surface area (Å²) in [6, 6.07) is 15.3. The Hall–Kier alpha value is -3.79. The molecule has 0 saturated heterocycles. The van der Waals surface area contributed by atoms with Gasteiger partial charge in [-0.15, -0.1) is 0 Å². The van der Waals surface area contributed by atoms with Crippen LogP contribution in [-0.4, -0.2) is 20.3 Å². The minimum atomic E-state index is -0.583. The molecule has 7 heteroatoms. The lowest BCUT2D eigenvalue weighted by Crippen LogP contribution is -1.87. The lowest BCUT2D eigenvalue weighted by Gasteiger charge is -1.99. The van der Waals surface area contributed by atoms with Gasteiger partial charge in [-0.1, -0.05) is 23.4 Å². The molecule has 4 aromatic rings. The molecule has 0 radical (unpaired) electrons. The van der Waals surface area contributed by atoms with Crippen molar-refractivity contribution in [1.29, 1.82) is 5.26 Å². The van der Waals surface area contributed by atoms with Gasteiger partial charge in [-0.2, -0.15) is 15.3 Å². The van der Waals surface area contributed by atoms with E-state index < -0.39 is 5.82 Å². The second-order valence-corrected chi connectivity index (χ2v) is 5.28. The number of hydrogen-bond donors (Lipinski definition) is 1. The molecule has 0 saturated carbocycles. The molecule has 0 fully saturated rings. The predicted octanol–water partition coefficient (Wildman–Crippen LogP) is 3.80. The second kappa shape index (κ2) is 6.02. The van der Waals surface area contributed by atoms with E-state index in [2.05, 4.69) is 20.3 Å². The number of nitrogens with zero attached hydrogens (tertiary/aromatic N) is 4. The van der Waals surface area contributed by atoms with Crippen molar-refractivity contribution in [3.63, 3.8) is 0 Å². The monoisotopic (exact) mass is 331 g/mol. The van der Waals surface area contributed by atoms with Gasteiger partial charge in [-0.3, -0.25) is 5.10 Å². The van der Waals surface area contributed by atoms with Crippen LogP contribution in [-0.2, 0) is 0 Å². The number of benzene rings is 2. The first kappa shape index (κ1) is 14.8. The fourth-order valence-electron chi connectivity index (χ4n) is 2.45. The molecule has 120 valence electrons. The first-order valence-electron chi connectivity index (χ1n) is 7.38. The van der Waals surface area contributed by atoms with Crippen LogP contribution in [0.25, 0.3) is 34.1 Å². The van der Waals surface area contributed by atoms with Crippen LogP contribution in [0.3, 0.4) is 0 Å². The number of rotatable bonds is 3. The number of halogens is 1. The minimum Gasteiger partial charge on any atom is -0.334 e. The Morgan fingerprint density at radius 1 is 1.08 bits per heavy atom. The van der Waals surface area contributed by atoms with E-state index in [1.54, 1.807) is 6.20 Å². The molecule has 0 unspecified atom stereocenters. The van der Waals surface area contributed by atoms with Crippen molar-refractivity contribution < 1.29 is 8.91 Å². The maximum Gasteiger partial charge on any atom is 0.261 e. The molecule has 0 aliphatic heterocycles. The predicted molar refractivity (Wildman–Crippen MR) is 87.4 cm³/mol. The van der Waals surface area contributed by atoms with Crippen LogP contribution in [0.15, 0.2) is 59.3 Å². The molecule has 0 spiro atoms. The normalized spacial score (nSPS) is 10.6. The van der Waals surface area contributed by atoms with E-state index in [0.29, 0.717) is 5.82 Å². The number of hydrogen-bond acceptors (Lipinski definition) is 5. The van der Waals surface area contributed by atoms with Crippen LogP contribution in [0.5, 0.6) is 0 Å². The summed E-state index contributed by atoms with van der Waals surface area (Å²) in [7, 11) is 0. The van der Waals surface area contributed by atoms with Crippen LogP contribution in [0.1, 0.15) is 5.56 Å². The number of aromatic amines is 1. The van der Waals surface area contributed by atoms with Gasteiger partial charge in [0.05, 0.1) is 22.9 Å². The standard InChI is InChI=1S/C18H10FN5O/c19-15-8-11(10-20)4-5-14(15)18-22-17(24-25-18)13-3-1-2-12(9-13)16-6-7-21-23-16/h1-9H,(H,21,23). The molecule has 0 aliphatic rings. The zero-order chi connectivity index (χ0) is 17.2. The molecule has 0 bridgehead atoms. The summed E-state index contributed by atoms with van der Waals surface area (Å²) in [6.45, 7) is 0. The Bertz CT molecular complexity index is 1080.